The van der Waals surface area contributed by atoms with E-state index in [-0.39, 0.29) is 11.5 Å². The summed E-state index contributed by atoms with van der Waals surface area (Å²) in [6.45, 7) is 0.706. The first-order valence-corrected chi connectivity index (χ1v) is 8.33. The summed E-state index contributed by atoms with van der Waals surface area (Å²) in [5.41, 5.74) is 4.47. The molecule has 0 spiro atoms. The largest absolute Gasteiger partial charge is 0.469 e. The van der Waals surface area contributed by atoms with Crippen molar-refractivity contribution in [3.63, 3.8) is 0 Å². The minimum Gasteiger partial charge on any atom is -0.387 e. The van der Waals surface area contributed by atoms with Crippen LogP contribution < -0.4 is 5.73 Å². The first kappa shape index (κ1) is 17.2. The zero-order chi connectivity index (χ0) is 17.7. The molecule has 3 rings (SSSR count). The van der Waals surface area contributed by atoms with Crippen molar-refractivity contribution in [1.82, 2.24) is 19.5 Å². The van der Waals surface area contributed by atoms with E-state index in [0.29, 0.717) is 5.52 Å². The van der Waals surface area contributed by atoms with Crippen molar-refractivity contribution in [2.75, 3.05) is 12.3 Å². The summed E-state index contributed by atoms with van der Waals surface area (Å²) in [4.78, 5) is 29.4. The normalized spacial score (nSPS) is 31.0. The average Bonchev–Trinajstić information content (AvgIpc) is 2.99. The number of nitrogens with zero attached hydrogens (tertiary/aromatic N) is 4. The fourth-order valence-corrected chi connectivity index (χ4v) is 2.93. The minimum absolute atomic E-state index is 0.137. The number of hydrogen-bond donors (Lipinski definition) is 5. The fourth-order valence-electron chi connectivity index (χ4n) is 2.59. The van der Waals surface area contributed by atoms with Crippen molar-refractivity contribution < 1.29 is 33.8 Å². The van der Waals surface area contributed by atoms with E-state index in [1.807, 2.05) is 0 Å². The SMILES string of the molecule is C[C@]1(O)C(O)[C@@H](COP(=O)(O)O)O[C@H]1n1cnc2c(N)ncnc21. The van der Waals surface area contributed by atoms with Crippen molar-refractivity contribution >= 4 is 24.8 Å². The maximum Gasteiger partial charge on any atom is 0.469 e. The molecule has 132 valence electrons. The Balaban J connectivity index is 1.92. The maximum atomic E-state index is 10.8. The van der Waals surface area contributed by atoms with Gasteiger partial charge in [0.25, 0.3) is 0 Å². The first-order valence-electron chi connectivity index (χ1n) is 6.80. The van der Waals surface area contributed by atoms with E-state index >= 15 is 0 Å². The monoisotopic (exact) mass is 361 g/mol. The molecule has 2 aromatic rings. The average molecular weight is 361 g/mol. The molecule has 0 amide bonds. The van der Waals surface area contributed by atoms with Crippen LogP contribution in [0.2, 0.25) is 0 Å². The third kappa shape index (κ3) is 2.89. The van der Waals surface area contributed by atoms with Crippen LogP contribution in [0, 0.1) is 0 Å². The molecule has 0 aromatic carbocycles. The van der Waals surface area contributed by atoms with Gasteiger partial charge >= 0.3 is 7.82 Å². The highest BCUT2D eigenvalue weighted by molar-refractivity contribution is 7.46. The maximum absolute atomic E-state index is 10.8. The molecule has 0 saturated carbocycles. The molecule has 0 aliphatic carbocycles. The predicted octanol–water partition coefficient (Wildman–Crippen LogP) is -1.47. The highest BCUT2D eigenvalue weighted by Gasteiger charge is 2.53. The lowest BCUT2D eigenvalue weighted by atomic mass is 9.96. The predicted molar refractivity (Wildman–Crippen MR) is 78.3 cm³/mol. The molecular formula is C11H16N5O7P. The standard InChI is InChI=1S/C11H16N5O7P/c1-11(18)7(17)5(2-22-24(19,20)21)23-10(11)16-4-15-6-8(12)13-3-14-9(6)16/h3-5,7,10,17-18H,2H2,1H3,(H2,12,13,14)(H2,19,20,21)/t5-,7?,10-,11+/m1/s1. The summed E-state index contributed by atoms with van der Waals surface area (Å²) in [7, 11) is -4.74. The number of fused-ring (bicyclic) bond motifs is 1. The van der Waals surface area contributed by atoms with Gasteiger partial charge in [0.15, 0.2) is 17.7 Å². The summed E-state index contributed by atoms with van der Waals surface area (Å²) in [5, 5.41) is 20.8. The van der Waals surface area contributed by atoms with Gasteiger partial charge in [0.2, 0.25) is 0 Å². The summed E-state index contributed by atoms with van der Waals surface area (Å²) < 4.78 is 22.0. The Bertz CT molecular complexity index is 805. The summed E-state index contributed by atoms with van der Waals surface area (Å²) in [6.07, 6.45) is -1.24. The second kappa shape index (κ2) is 5.70. The quantitative estimate of drug-likeness (QED) is 0.400. The van der Waals surface area contributed by atoms with Crippen LogP contribution in [0.15, 0.2) is 12.7 Å². The number of nitrogens with two attached hydrogens (primary N) is 1. The van der Waals surface area contributed by atoms with Crippen LogP contribution in [0.5, 0.6) is 0 Å². The van der Waals surface area contributed by atoms with Crippen molar-refractivity contribution in [3.05, 3.63) is 12.7 Å². The number of rotatable bonds is 4. The van der Waals surface area contributed by atoms with Crippen LogP contribution in [-0.4, -0.2) is 63.9 Å². The number of anilines is 1. The van der Waals surface area contributed by atoms with Crippen molar-refractivity contribution in [3.8, 4) is 0 Å². The van der Waals surface area contributed by atoms with Gasteiger partial charge in [-0.2, -0.15) is 0 Å². The van der Waals surface area contributed by atoms with Crippen LogP contribution in [0.1, 0.15) is 13.2 Å². The van der Waals surface area contributed by atoms with Crippen molar-refractivity contribution in [2.24, 2.45) is 0 Å². The van der Waals surface area contributed by atoms with E-state index in [4.69, 9.17) is 20.3 Å². The van der Waals surface area contributed by atoms with Gasteiger partial charge in [-0.25, -0.2) is 19.5 Å². The Kier molecular flexibility index (Phi) is 4.08. The molecule has 1 unspecified atom stereocenters. The van der Waals surface area contributed by atoms with Gasteiger partial charge < -0.3 is 30.5 Å². The fraction of sp³-hybridized carbons (Fsp3) is 0.545. The molecule has 1 fully saturated rings. The molecule has 0 radical (unpaired) electrons. The Morgan fingerprint density at radius 2 is 2.17 bits per heavy atom. The van der Waals surface area contributed by atoms with Gasteiger partial charge in [-0.3, -0.25) is 9.09 Å². The van der Waals surface area contributed by atoms with E-state index in [0.717, 1.165) is 0 Å². The number of phosphoric ester groups is 1. The van der Waals surface area contributed by atoms with Crippen LogP contribution in [0.25, 0.3) is 11.2 Å². The molecule has 12 nitrogen and oxygen atoms in total. The van der Waals surface area contributed by atoms with Crippen LogP contribution in [0.3, 0.4) is 0 Å². The second-order valence-electron chi connectivity index (χ2n) is 5.57. The molecule has 0 bridgehead atoms. The van der Waals surface area contributed by atoms with Gasteiger partial charge in [-0.1, -0.05) is 0 Å². The second-order valence-corrected chi connectivity index (χ2v) is 6.81. The number of phosphoric acid groups is 1. The van der Waals surface area contributed by atoms with E-state index in [1.165, 1.54) is 24.1 Å². The van der Waals surface area contributed by atoms with Gasteiger partial charge in [-0.15, -0.1) is 0 Å². The van der Waals surface area contributed by atoms with Crippen molar-refractivity contribution in [2.45, 2.75) is 31.0 Å². The Morgan fingerprint density at radius 3 is 2.83 bits per heavy atom. The van der Waals surface area contributed by atoms with Crippen LogP contribution in [0.4, 0.5) is 5.82 Å². The third-order valence-electron chi connectivity index (χ3n) is 3.80. The molecular weight excluding hydrogens is 345 g/mol. The number of aliphatic hydroxyl groups is 2. The molecule has 1 saturated heterocycles. The molecule has 3 heterocycles. The Hall–Kier alpha value is -1.66. The summed E-state index contributed by atoms with van der Waals surface area (Å²) in [6, 6.07) is 0. The number of imidazole rings is 1. The first-order chi connectivity index (χ1) is 11.1. The Labute approximate surface area is 135 Å². The summed E-state index contributed by atoms with van der Waals surface area (Å²) >= 11 is 0. The highest BCUT2D eigenvalue weighted by atomic mass is 31.2. The zero-order valence-corrected chi connectivity index (χ0v) is 13.3. The van der Waals surface area contributed by atoms with Gasteiger partial charge in [0.1, 0.15) is 29.7 Å². The topological polar surface area (TPSA) is 186 Å². The molecule has 2 aromatic heterocycles. The number of hydrogen-bond acceptors (Lipinski definition) is 9. The number of aliphatic hydroxyl groups excluding tert-OH is 1. The number of aromatic nitrogens is 4. The van der Waals surface area contributed by atoms with Crippen LogP contribution >= 0.6 is 7.82 Å². The van der Waals surface area contributed by atoms with E-state index in [9.17, 15) is 14.8 Å². The lowest BCUT2D eigenvalue weighted by molar-refractivity contribution is -0.0949. The van der Waals surface area contributed by atoms with Crippen LogP contribution in [-0.2, 0) is 13.8 Å². The third-order valence-corrected chi connectivity index (χ3v) is 4.29. The molecule has 24 heavy (non-hydrogen) atoms. The molecule has 1 aliphatic rings. The van der Waals surface area contributed by atoms with Crippen molar-refractivity contribution in [1.29, 1.82) is 0 Å². The van der Waals surface area contributed by atoms with Gasteiger partial charge in [0.05, 0.1) is 12.9 Å². The number of nitrogen functional groups attached to an aromatic ring is 1. The van der Waals surface area contributed by atoms with E-state index in [2.05, 4.69) is 19.5 Å². The number of ether oxygens (including phenoxy) is 1. The Morgan fingerprint density at radius 1 is 1.46 bits per heavy atom. The molecule has 4 atom stereocenters. The molecule has 1 aliphatic heterocycles. The minimum atomic E-state index is -4.74. The smallest absolute Gasteiger partial charge is 0.387 e. The highest BCUT2D eigenvalue weighted by Crippen LogP contribution is 2.42. The van der Waals surface area contributed by atoms with Gasteiger partial charge in [-0.05, 0) is 6.92 Å². The van der Waals surface area contributed by atoms with E-state index in [1.54, 1.807) is 0 Å². The molecule has 6 N–H and O–H groups in total. The van der Waals surface area contributed by atoms with Gasteiger partial charge in [0, 0.05) is 0 Å². The lowest BCUT2D eigenvalue weighted by Crippen LogP contribution is -2.44. The summed E-state index contributed by atoms with van der Waals surface area (Å²) in [5.74, 6) is 0.137. The molecule has 13 heteroatoms. The zero-order valence-electron chi connectivity index (χ0n) is 12.4. The lowest BCUT2D eigenvalue weighted by Gasteiger charge is -2.27. The van der Waals surface area contributed by atoms with E-state index < -0.39 is 38.5 Å².